The Bertz CT molecular complexity index is 457. The fourth-order valence-corrected chi connectivity index (χ4v) is 1.89. The topological polar surface area (TPSA) is 50.7 Å². The minimum atomic E-state index is 0.518. The van der Waals surface area contributed by atoms with Gasteiger partial charge >= 0.3 is 0 Å². The normalized spacial score (nSPS) is 10.3. The summed E-state index contributed by atoms with van der Waals surface area (Å²) < 4.78 is 0. The lowest BCUT2D eigenvalue weighted by molar-refractivity contribution is 1.03. The number of anilines is 1. The Morgan fingerprint density at radius 3 is 3.07 bits per heavy atom. The average molecular weight is 241 g/mol. The first-order chi connectivity index (χ1) is 7.25. The number of nitrogens with one attached hydrogen (secondary N) is 1. The molecular formula is C9H9ClN4S. The fraction of sp³-hybridized carbons (Fsp3) is 0.222. The summed E-state index contributed by atoms with van der Waals surface area (Å²) in [6, 6.07) is 0. The van der Waals surface area contributed by atoms with E-state index in [0.29, 0.717) is 17.4 Å². The van der Waals surface area contributed by atoms with Crippen molar-refractivity contribution in [1.29, 1.82) is 0 Å². The number of nitrogens with zero attached hydrogens (tertiary/aromatic N) is 3. The van der Waals surface area contributed by atoms with Gasteiger partial charge in [0.15, 0.2) is 0 Å². The summed E-state index contributed by atoms with van der Waals surface area (Å²) in [5.41, 5.74) is 0.993. The molecule has 2 rings (SSSR count). The van der Waals surface area contributed by atoms with Crippen LogP contribution in [-0.2, 0) is 6.54 Å². The number of rotatable bonds is 3. The molecule has 0 aliphatic carbocycles. The number of hydrogen-bond donors (Lipinski definition) is 1. The molecule has 78 valence electrons. The number of aryl methyl sites for hydroxylation is 1. The van der Waals surface area contributed by atoms with Crippen LogP contribution in [0.4, 0.5) is 5.82 Å². The van der Waals surface area contributed by atoms with Crippen LogP contribution in [-0.4, -0.2) is 15.0 Å². The summed E-state index contributed by atoms with van der Waals surface area (Å²) in [7, 11) is 0. The van der Waals surface area contributed by atoms with Crippen LogP contribution in [0.15, 0.2) is 17.9 Å². The summed E-state index contributed by atoms with van der Waals surface area (Å²) >= 11 is 7.52. The third-order valence-electron chi connectivity index (χ3n) is 1.77. The smallest absolute Gasteiger partial charge is 0.148 e. The molecule has 1 N–H and O–H groups in total. The molecule has 0 amide bonds. The van der Waals surface area contributed by atoms with Gasteiger partial charge in [-0.1, -0.05) is 11.6 Å². The molecule has 0 spiro atoms. The minimum absolute atomic E-state index is 0.518. The predicted octanol–water partition coefficient (Wildman–Crippen LogP) is 2.51. The fourth-order valence-electron chi connectivity index (χ4n) is 1.11. The Balaban J connectivity index is 2.02. The first-order valence-electron chi connectivity index (χ1n) is 4.36. The van der Waals surface area contributed by atoms with Gasteiger partial charge in [0.25, 0.3) is 0 Å². The van der Waals surface area contributed by atoms with Crippen molar-refractivity contribution in [3.63, 3.8) is 0 Å². The number of thiazole rings is 1. The summed E-state index contributed by atoms with van der Waals surface area (Å²) in [6.07, 6.45) is 3.02. The van der Waals surface area contributed by atoms with E-state index >= 15 is 0 Å². The summed E-state index contributed by atoms with van der Waals surface area (Å²) in [5, 5.41) is 6.69. The molecule has 2 heterocycles. The van der Waals surface area contributed by atoms with Gasteiger partial charge in [0.2, 0.25) is 0 Å². The number of aromatic nitrogens is 3. The average Bonchev–Trinajstić information content (AvgIpc) is 2.63. The van der Waals surface area contributed by atoms with Gasteiger partial charge in [0, 0.05) is 5.38 Å². The largest absolute Gasteiger partial charge is 0.363 e. The highest BCUT2D eigenvalue weighted by Crippen LogP contribution is 2.17. The molecule has 0 atom stereocenters. The summed E-state index contributed by atoms with van der Waals surface area (Å²) in [6.45, 7) is 2.60. The molecule has 2 aromatic heterocycles. The molecule has 0 aromatic carbocycles. The molecule has 6 heteroatoms. The van der Waals surface area contributed by atoms with Gasteiger partial charge in [-0.05, 0) is 6.92 Å². The summed E-state index contributed by atoms with van der Waals surface area (Å²) in [4.78, 5) is 12.2. The van der Waals surface area contributed by atoms with Gasteiger partial charge in [-0.25, -0.2) is 15.0 Å². The molecule has 0 aliphatic heterocycles. The first kappa shape index (κ1) is 10.3. The van der Waals surface area contributed by atoms with Crippen LogP contribution < -0.4 is 5.32 Å². The van der Waals surface area contributed by atoms with Crippen LogP contribution in [0.1, 0.15) is 10.7 Å². The van der Waals surface area contributed by atoms with Crippen molar-refractivity contribution in [2.45, 2.75) is 13.5 Å². The van der Waals surface area contributed by atoms with Gasteiger partial charge < -0.3 is 5.32 Å². The molecule has 2 aromatic rings. The zero-order valence-corrected chi connectivity index (χ0v) is 9.64. The van der Waals surface area contributed by atoms with Crippen LogP contribution in [0.2, 0.25) is 5.02 Å². The highest BCUT2D eigenvalue weighted by molar-refractivity contribution is 7.09. The minimum Gasteiger partial charge on any atom is -0.363 e. The maximum absolute atomic E-state index is 5.89. The van der Waals surface area contributed by atoms with Gasteiger partial charge in [-0.2, -0.15) is 0 Å². The Kier molecular flexibility index (Phi) is 3.13. The van der Waals surface area contributed by atoms with Crippen molar-refractivity contribution in [3.8, 4) is 0 Å². The van der Waals surface area contributed by atoms with E-state index in [0.717, 1.165) is 10.7 Å². The van der Waals surface area contributed by atoms with E-state index < -0.39 is 0 Å². The quantitative estimate of drug-likeness (QED) is 0.896. The Hall–Kier alpha value is -1.20. The van der Waals surface area contributed by atoms with E-state index in [1.54, 1.807) is 17.5 Å². The number of hydrogen-bond acceptors (Lipinski definition) is 5. The van der Waals surface area contributed by atoms with Crippen LogP contribution in [0.25, 0.3) is 0 Å². The lowest BCUT2D eigenvalue weighted by Crippen LogP contribution is -2.02. The molecule has 0 saturated heterocycles. The zero-order valence-electron chi connectivity index (χ0n) is 8.07. The Morgan fingerprint density at radius 2 is 2.40 bits per heavy atom. The van der Waals surface area contributed by atoms with Crippen LogP contribution in [0, 0.1) is 6.92 Å². The molecule has 15 heavy (non-hydrogen) atoms. The van der Waals surface area contributed by atoms with E-state index in [-0.39, 0.29) is 0 Å². The van der Waals surface area contributed by atoms with E-state index in [4.69, 9.17) is 11.6 Å². The lowest BCUT2D eigenvalue weighted by Gasteiger charge is -2.03. The first-order valence-corrected chi connectivity index (χ1v) is 5.62. The Morgan fingerprint density at radius 1 is 1.53 bits per heavy atom. The Labute approximate surface area is 96.4 Å². The third-order valence-corrected chi connectivity index (χ3v) is 2.87. The lowest BCUT2D eigenvalue weighted by atomic mass is 10.4. The highest BCUT2D eigenvalue weighted by atomic mass is 35.5. The van der Waals surface area contributed by atoms with Crippen molar-refractivity contribution >= 4 is 28.8 Å². The molecule has 0 radical (unpaired) electrons. The predicted molar refractivity (Wildman–Crippen MR) is 61.2 cm³/mol. The van der Waals surface area contributed by atoms with Gasteiger partial charge in [0.05, 0.1) is 23.4 Å². The molecule has 0 bridgehead atoms. The SMILES string of the molecule is Cc1nc(CNc2ncncc2Cl)cs1. The van der Waals surface area contributed by atoms with Crippen molar-refractivity contribution < 1.29 is 0 Å². The van der Waals surface area contributed by atoms with Crippen LogP contribution in [0.3, 0.4) is 0 Å². The monoisotopic (exact) mass is 240 g/mol. The van der Waals surface area contributed by atoms with Crippen molar-refractivity contribution in [3.05, 3.63) is 33.6 Å². The standard InChI is InChI=1S/C9H9ClN4S/c1-6-14-7(4-15-6)2-12-9-8(10)3-11-5-13-9/h3-5H,2H2,1H3,(H,11,12,13). The molecule has 4 nitrogen and oxygen atoms in total. The van der Waals surface area contributed by atoms with E-state index in [2.05, 4.69) is 20.3 Å². The van der Waals surface area contributed by atoms with Crippen LogP contribution in [0.5, 0.6) is 0 Å². The van der Waals surface area contributed by atoms with Gasteiger partial charge in [-0.15, -0.1) is 11.3 Å². The van der Waals surface area contributed by atoms with Crippen molar-refractivity contribution in [1.82, 2.24) is 15.0 Å². The highest BCUT2D eigenvalue weighted by Gasteiger charge is 2.02. The van der Waals surface area contributed by atoms with Crippen molar-refractivity contribution in [2.75, 3.05) is 5.32 Å². The molecule has 0 fully saturated rings. The van der Waals surface area contributed by atoms with Gasteiger partial charge in [-0.3, -0.25) is 0 Å². The maximum Gasteiger partial charge on any atom is 0.148 e. The molecular weight excluding hydrogens is 232 g/mol. The number of halogens is 1. The second-order valence-electron chi connectivity index (χ2n) is 2.93. The van der Waals surface area contributed by atoms with Gasteiger partial charge in [0.1, 0.15) is 17.2 Å². The molecule has 0 unspecified atom stereocenters. The molecule has 0 saturated carbocycles. The molecule has 0 aliphatic rings. The van der Waals surface area contributed by atoms with E-state index in [1.165, 1.54) is 6.33 Å². The third kappa shape index (κ3) is 2.64. The zero-order chi connectivity index (χ0) is 10.7. The van der Waals surface area contributed by atoms with E-state index in [1.807, 2.05) is 12.3 Å². The summed E-state index contributed by atoms with van der Waals surface area (Å²) in [5.74, 6) is 0.636. The van der Waals surface area contributed by atoms with Crippen LogP contribution >= 0.6 is 22.9 Å². The maximum atomic E-state index is 5.89. The van der Waals surface area contributed by atoms with E-state index in [9.17, 15) is 0 Å². The second-order valence-corrected chi connectivity index (χ2v) is 4.40. The second kappa shape index (κ2) is 4.55. The van der Waals surface area contributed by atoms with Crippen molar-refractivity contribution in [2.24, 2.45) is 0 Å².